The molecule has 1 unspecified atom stereocenters. The van der Waals surface area contributed by atoms with Gasteiger partial charge in [-0.3, -0.25) is 0 Å². The number of rotatable bonds is 3. The molecule has 0 aromatic rings. The van der Waals surface area contributed by atoms with E-state index in [0.29, 0.717) is 5.41 Å². The molecule has 1 fully saturated rings. The summed E-state index contributed by atoms with van der Waals surface area (Å²) in [5, 5.41) is 0. The van der Waals surface area contributed by atoms with Gasteiger partial charge in [-0.2, -0.15) is 0 Å². The van der Waals surface area contributed by atoms with E-state index in [4.69, 9.17) is 0 Å². The minimum atomic E-state index is 0.509. The van der Waals surface area contributed by atoms with Gasteiger partial charge in [0, 0.05) is 0 Å². The number of hydrogen-bond donors (Lipinski definition) is 0. The molecule has 0 radical (unpaired) electrons. The molecule has 0 N–H and O–H groups in total. The Kier molecular flexibility index (Phi) is 2.80. The minimum Gasteiger partial charge on any atom is -0.0988 e. The lowest BCUT2D eigenvalue weighted by Crippen LogP contribution is -1.91. The lowest BCUT2D eigenvalue weighted by Gasteiger charge is -2.03. The van der Waals surface area contributed by atoms with E-state index in [0.717, 1.165) is 5.92 Å². The van der Waals surface area contributed by atoms with Crippen LogP contribution in [0.5, 0.6) is 0 Å². The fraction of sp³-hybridized carbons (Fsp3) is 0.538. The molecular formula is C13H20. The highest BCUT2D eigenvalue weighted by molar-refractivity contribution is 5.32. The van der Waals surface area contributed by atoms with Crippen molar-refractivity contribution in [3.05, 3.63) is 36.0 Å². The predicted octanol–water partition coefficient (Wildman–Crippen LogP) is 4.11. The quantitative estimate of drug-likeness (QED) is 0.568. The molecule has 0 amide bonds. The topological polar surface area (TPSA) is 0 Å². The zero-order valence-corrected chi connectivity index (χ0v) is 9.22. The Bertz CT molecular complexity index is 260. The van der Waals surface area contributed by atoms with Crippen LogP contribution in [0.15, 0.2) is 36.0 Å². The van der Waals surface area contributed by atoms with Crippen molar-refractivity contribution >= 4 is 0 Å². The third-order valence-corrected chi connectivity index (χ3v) is 2.76. The smallest absolute Gasteiger partial charge is 0.0105 e. The molecule has 0 nitrogen and oxygen atoms in total. The fourth-order valence-electron chi connectivity index (χ4n) is 1.63. The zero-order valence-electron chi connectivity index (χ0n) is 9.22. The maximum absolute atomic E-state index is 3.87. The predicted molar refractivity (Wildman–Crippen MR) is 59.6 cm³/mol. The van der Waals surface area contributed by atoms with Crippen LogP contribution < -0.4 is 0 Å². The van der Waals surface area contributed by atoms with Crippen molar-refractivity contribution in [1.82, 2.24) is 0 Å². The summed E-state index contributed by atoms with van der Waals surface area (Å²) in [7, 11) is 0. The van der Waals surface area contributed by atoms with Crippen molar-refractivity contribution in [2.75, 3.05) is 0 Å². The summed E-state index contributed by atoms with van der Waals surface area (Å²) >= 11 is 0. The molecule has 0 aromatic carbocycles. The van der Waals surface area contributed by atoms with Gasteiger partial charge < -0.3 is 0 Å². The van der Waals surface area contributed by atoms with E-state index in [9.17, 15) is 0 Å². The van der Waals surface area contributed by atoms with Crippen LogP contribution in [0.3, 0.4) is 0 Å². The van der Waals surface area contributed by atoms with Crippen LogP contribution in [0.2, 0.25) is 0 Å². The highest BCUT2D eigenvalue weighted by atomic mass is 14.5. The average Bonchev–Trinajstić information content (AvgIpc) is 2.61. The monoisotopic (exact) mass is 176 g/mol. The molecule has 72 valence electrons. The first-order chi connectivity index (χ1) is 5.97. The summed E-state index contributed by atoms with van der Waals surface area (Å²) in [5.41, 5.74) is 3.25. The molecule has 1 rings (SSSR count). The number of allylic oxidation sites excluding steroid dienone is 5. The molecule has 0 aromatic heterocycles. The molecular weight excluding hydrogens is 156 g/mol. The summed E-state index contributed by atoms with van der Waals surface area (Å²) in [5.74, 6) is 0.737. The Morgan fingerprint density at radius 3 is 2.15 bits per heavy atom. The molecule has 0 heteroatoms. The van der Waals surface area contributed by atoms with E-state index in [1.807, 2.05) is 6.08 Å². The van der Waals surface area contributed by atoms with Crippen molar-refractivity contribution < 1.29 is 0 Å². The van der Waals surface area contributed by atoms with Gasteiger partial charge >= 0.3 is 0 Å². The third-order valence-electron chi connectivity index (χ3n) is 2.76. The summed E-state index contributed by atoms with van der Waals surface area (Å²) < 4.78 is 0. The van der Waals surface area contributed by atoms with Gasteiger partial charge in [0.25, 0.3) is 0 Å². The van der Waals surface area contributed by atoms with E-state index in [-0.39, 0.29) is 0 Å². The maximum atomic E-state index is 3.87. The van der Waals surface area contributed by atoms with Crippen LogP contribution in [0.25, 0.3) is 0 Å². The highest BCUT2D eigenvalue weighted by Crippen LogP contribution is 2.55. The van der Waals surface area contributed by atoms with Crippen LogP contribution in [0.1, 0.15) is 34.1 Å². The average molecular weight is 176 g/mol. The van der Waals surface area contributed by atoms with Gasteiger partial charge in [-0.1, -0.05) is 44.2 Å². The van der Waals surface area contributed by atoms with Crippen molar-refractivity contribution in [1.29, 1.82) is 0 Å². The second-order valence-corrected chi connectivity index (χ2v) is 4.86. The molecule has 0 heterocycles. The first kappa shape index (κ1) is 10.3. The van der Waals surface area contributed by atoms with E-state index in [1.165, 1.54) is 17.6 Å². The molecule has 0 bridgehead atoms. The largest absolute Gasteiger partial charge is 0.0988 e. The molecule has 1 atom stereocenters. The molecule has 1 saturated carbocycles. The zero-order chi connectivity index (χ0) is 10.1. The molecule has 0 aliphatic heterocycles. The van der Waals surface area contributed by atoms with E-state index < -0.39 is 0 Å². The van der Waals surface area contributed by atoms with Crippen molar-refractivity contribution in [3.63, 3.8) is 0 Å². The summed E-state index contributed by atoms with van der Waals surface area (Å²) in [6, 6.07) is 0. The Morgan fingerprint density at radius 1 is 1.31 bits per heavy atom. The number of hydrogen-bond acceptors (Lipinski definition) is 0. The summed E-state index contributed by atoms with van der Waals surface area (Å²) in [4.78, 5) is 0. The van der Waals surface area contributed by atoms with Gasteiger partial charge in [0.2, 0.25) is 0 Å². The molecule has 0 saturated heterocycles. The first-order valence-corrected chi connectivity index (χ1v) is 4.95. The molecule has 0 spiro atoms. The third kappa shape index (κ3) is 2.58. The lowest BCUT2D eigenvalue weighted by molar-refractivity contribution is 0.602. The Hall–Kier alpha value is -0.780. The van der Waals surface area contributed by atoms with Gasteiger partial charge in [-0.15, -0.1) is 0 Å². The Balaban J connectivity index is 2.70. The fourth-order valence-corrected chi connectivity index (χ4v) is 1.63. The maximum Gasteiger partial charge on any atom is -0.0105 e. The van der Waals surface area contributed by atoms with Gasteiger partial charge in [-0.25, -0.2) is 0 Å². The van der Waals surface area contributed by atoms with Crippen LogP contribution in [0.4, 0.5) is 0 Å². The lowest BCUT2D eigenvalue weighted by atomic mass is 10.0. The van der Waals surface area contributed by atoms with Crippen molar-refractivity contribution in [3.8, 4) is 0 Å². The molecule has 1 aliphatic rings. The first-order valence-electron chi connectivity index (χ1n) is 4.95. The Labute approximate surface area is 82.0 Å². The van der Waals surface area contributed by atoms with E-state index >= 15 is 0 Å². The minimum absolute atomic E-state index is 0.509. The van der Waals surface area contributed by atoms with Crippen LogP contribution in [0, 0.1) is 11.3 Å². The second kappa shape index (κ2) is 3.53. The van der Waals surface area contributed by atoms with Crippen molar-refractivity contribution in [2.45, 2.75) is 34.1 Å². The van der Waals surface area contributed by atoms with Gasteiger partial charge in [0.05, 0.1) is 0 Å². The van der Waals surface area contributed by atoms with Gasteiger partial charge in [0.1, 0.15) is 0 Å². The van der Waals surface area contributed by atoms with Crippen molar-refractivity contribution in [2.24, 2.45) is 11.3 Å². The SMILES string of the molecule is C=C/C(=C\C=C(C)C)C1CC1(C)C. The summed E-state index contributed by atoms with van der Waals surface area (Å²) in [6.45, 7) is 12.7. The standard InChI is InChI=1S/C13H20/c1-6-11(8-7-10(2)3)12-9-13(12,4)5/h6-8,12H,1,9H2,2-5H3/b11-8+. The normalized spacial score (nSPS) is 25.2. The van der Waals surface area contributed by atoms with E-state index in [2.05, 4.69) is 46.4 Å². The molecule has 13 heavy (non-hydrogen) atoms. The Morgan fingerprint density at radius 2 is 1.85 bits per heavy atom. The highest BCUT2D eigenvalue weighted by Gasteiger charge is 2.46. The van der Waals surface area contributed by atoms with Gasteiger partial charge in [0.15, 0.2) is 0 Å². The summed E-state index contributed by atoms with van der Waals surface area (Å²) in [6.07, 6.45) is 7.69. The molecule has 1 aliphatic carbocycles. The van der Waals surface area contributed by atoms with Crippen LogP contribution in [-0.4, -0.2) is 0 Å². The van der Waals surface area contributed by atoms with Crippen LogP contribution in [-0.2, 0) is 0 Å². The van der Waals surface area contributed by atoms with E-state index in [1.54, 1.807) is 0 Å². The van der Waals surface area contributed by atoms with Crippen LogP contribution >= 0.6 is 0 Å². The second-order valence-electron chi connectivity index (χ2n) is 4.86. The van der Waals surface area contributed by atoms with Gasteiger partial charge in [-0.05, 0) is 37.2 Å².